The molecule has 0 amide bonds. The minimum atomic E-state index is -0.914. The van der Waals surface area contributed by atoms with E-state index in [4.69, 9.17) is 36.3 Å². The first-order valence-corrected chi connectivity index (χ1v) is 31.4. The summed E-state index contributed by atoms with van der Waals surface area (Å²) < 4.78 is 21.7. The number of aliphatic hydroxyl groups is 1. The lowest BCUT2D eigenvalue weighted by atomic mass is 9.51. The molecule has 4 N–H and O–H groups in total. The standard InChI is InChI=1S/C29H35NO2.C26H29NO.C20H25ClN2O5/c1-5-15-29(32)16-14-26-24-12-8-20-17-22(31)11-13-23(20)27(24)25(18-28(26,29)2)19-6-9-21(10-7-19)30(3)4;1-4-25(21-11-7-5-8-12-21)26(22-13-9-6-10-14-22)23-15-17-24(18-16-23)28-20-19-27(2)3;1-4-28-20(25)18-15(11-27-10-9-22)23-12(2)16(19(24)26-3)17(18)13-7-5-6-8-14(13)21/h6-7,9-10,17,24-26,32H,8,11-14,16,18H2,1-4H3;5-18H,4,19-20H2,1-3H3;5-8,17,23H,4,9-11,22H2,1-3H3/b;26-25-;/t24-,25+,26-,28-,29-;;/m0../s1. The Bertz CT molecular complexity index is 3480. The second-order valence-corrected chi connectivity index (χ2v) is 24.3. The Balaban J connectivity index is 0.000000172. The summed E-state index contributed by atoms with van der Waals surface area (Å²) in [6, 6.07) is 45.8. The molecule has 0 bridgehead atoms. The lowest BCUT2D eigenvalue weighted by Crippen LogP contribution is -2.51. The number of anilines is 1. The lowest BCUT2D eigenvalue weighted by molar-refractivity contribution is -0.139. The molecule has 464 valence electrons. The van der Waals surface area contributed by atoms with Crippen LogP contribution in [0.1, 0.15) is 126 Å². The van der Waals surface area contributed by atoms with Crippen LogP contribution in [0.15, 0.2) is 179 Å². The number of methoxy groups -OCH3 is 1. The maximum Gasteiger partial charge on any atom is 0.336 e. The fourth-order valence-corrected chi connectivity index (χ4v) is 14.1. The van der Waals surface area contributed by atoms with Crippen LogP contribution < -0.4 is 20.7 Å². The fraction of sp³-hybridized carbons (Fsp3) is 0.400. The van der Waals surface area contributed by atoms with Crippen LogP contribution >= 0.6 is 11.6 Å². The summed E-state index contributed by atoms with van der Waals surface area (Å²) in [5.74, 6) is 6.81. The molecule has 5 aliphatic rings. The highest BCUT2D eigenvalue weighted by Crippen LogP contribution is 2.66. The van der Waals surface area contributed by atoms with E-state index in [0.717, 1.165) is 57.2 Å². The van der Waals surface area contributed by atoms with Crippen LogP contribution in [0.3, 0.4) is 0 Å². The summed E-state index contributed by atoms with van der Waals surface area (Å²) in [7, 11) is 9.54. The third-order valence-corrected chi connectivity index (χ3v) is 18.4. The number of rotatable bonds is 18. The number of ether oxygens (including phenoxy) is 4. The van der Waals surface area contributed by atoms with Gasteiger partial charge in [-0.1, -0.05) is 140 Å². The molecule has 4 aliphatic carbocycles. The van der Waals surface area contributed by atoms with Crippen molar-refractivity contribution in [2.24, 2.45) is 23.0 Å². The molecule has 13 heteroatoms. The number of carbonyl (C=O) groups excluding carboxylic acids is 3. The van der Waals surface area contributed by atoms with Crippen LogP contribution in [-0.2, 0) is 28.6 Å². The maximum absolute atomic E-state index is 12.9. The number of nitrogens with one attached hydrogen (secondary N) is 1. The number of nitrogens with two attached hydrogens (primary N) is 1. The van der Waals surface area contributed by atoms with Crippen molar-refractivity contribution in [2.75, 3.05) is 79.7 Å². The smallest absolute Gasteiger partial charge is 0.336 e. The molecule has 0 saturated heterocycles. The number of allylic oxidation sites excluding steroid dienone is 6. The number of fused-ring (bicyclic) bond motifs is 4. The number of likely N-dealkylation sites (N-methyl/N-ethyl adjacent to an activating group) is 1. The van der Waals surface area contributed by atoms with E-state index in [1.807, 2.05) is 13.0 Å². The summed E-state index contributed by atoms with van der Waals surface area (Å²) in [5.41, 5.74) is 19.8. The number of hydrogen-bond acceptors (Lipinski definition) is 12. The highest BCUT2D eigenvalue weighted by Gasteiger charge is 2.62. The molecule has 5 aromatic rings. The molecule has 2 fully saturated rings. The molecule has 5 aromatic carbocycles. The average molecular weight is 1210 g/mol. The van der Waals surface area contributed by atoms with Crippen LogP contribution in [-0.4, -0.2) is 108 Å². The largest absolute Gasteiger partial charge is 0.492 e. The molecule has 0 spiro atoms. The Morgan fingerprint density at radius 1 is 0.807 bits per heavy atom. The third kappa shape index (κ3) is 15.0. The maximum atomic E-state index is 12.9. The zero-order chi connectivity index (χ0) is 63.1. The van der Waals surface area contributed by atoms with Crippen molar-refractivity contribution in [1.82, 2.24) is 10.2 Å². The Kier molecular flexibility index (Phi) is 23.1. The van der Waals surface area contributed by atoms with Gasteiger partial charge in [0.2, 0.25) is 0 Å². The number of carbonyl (C=O) groups is 3. The number of esters is 2. The van der Waals surface area contributed by atoms with E-state index in [1.165, 1.54) is 57.3 Å². The van der Waals surface area contributed by atoms with Gasteiger partial charge in [0.15, 0.2) is 5.78 Å². The quantitative estimate of drug-likeness (QED) is 0.0331. The molecule has 0 aromatic heterocycles. The SMILES string of the molecule is CC#C[C@]1(O)CC[C@H]2[C@@H]3CCC4=CC(=O)CCC4=C3[C@@H](c3ccc(N(C)C)cc3)C[C@@]21C.CC/C(=C(\c1ccccc1)c1ccc(OCCN(C)C)cc1)c1ccccc1.CCOC(=O)C1=C(COCCN)NC(C)=C(C(=O)OC)C1c1ccccc1Cl. The highest BCUT2D eigenvalue weighted by molar-refractivity contribution is 6.31. The number of nitrogens with zero attached hydrogens (tertiary/aromatic N) is 2. The van der Waals surface area contributed by atoms with Gasteiger partial charge in [0.25, 0.3) is 0 Å². The van der Waals surface area contributed by atoms with Crippen LogP contribution in [0.5, 0.6) is 5.75 Å². The van der Waals surface area contributed by atoms with E-state index in [-0.39, 0.29) is 35.9 Å². The topological polar surface area (TPSA) is 153 Å². The third-order valence-electron chi connectivity index (χ3n) is 18.1. The van der Waals surface area contributed by atoms with Crippen molar-refractivity contribution in [3.8, 4) is 17.6 Å². The molecule has 6 atom stereocenters. The minimum absolute atomic E-state index is 0.109. The van der Waals surface area contributed by atoms with Gasteiger partial charge in [-0.3, -0.25) is 4.79 Å². The van der Waals surface area contributed by atoms with Crippen LogP contribution in [0.2, 0.25) is 5.02 Å². The van der Waals surface area contributed by atoms with E-state index < -0.39 is 23.5 Å². The van der Waals surface area contributed by atoms with Crippen LogP contribution in [0, 0.1) is 29.1 Å². The number of halogens is 1. The predicted molar refractivity (Wildman–Crippen MR) is 355 cm³/mol. The van der Waals surface area contributed by atoms with Gasteiger partial charge in [-0.25, -0.2) is 9.59 Å². The van der Waals surface area contributed by atoms with Crippen molar-refractivity contribution in [3.63, 3.8) is 0 Å². The summed E-state index contributed by atoms with van der Waals surface area (Å²) >= 11 is 6.42. The van der Waals surface area contributed by atoms with Crippen molar-refractivity contribution in [2.45, 2.75) is 103 Å². The molecular weight excluding hydrogens is 1120 g/mol. The first kappa shape index (κ1) is 66.5. The van der Waals surface area contributed by atoms with E-state index >= 15 is 0 Å². The molecule has 10 rings (SSSR count). The van der Waals surface area contributed by atoms with Crippen molar-refractivity contribution < 1.29 is 38.4 Å². The van der Waals surface area contributed by atoms with E-state index in [9.17, 15) is 19.5 Å². The van der Waals surface area contributed by atoms with Gasteiger partial charge in [-0.2, -0.15) is 0 Å². The first-order valence-electron chi connectivity index (χ1n) is 31.0. The summed E-state index contributed by atoms with van der Waals surface area (Å²) in [6.45, 7) is 12.4. The molecule has 2 saturated carbocycles. The van der Waals surface area contributed by atoms with E-state index in [1.54, 1.807) is 43.7 Å². The second-order valence-electron chi connectivity index (χ2n) is 23.9. The van der Waals surface area contributed by atoms with Crippen molar-refractivity contribution in [1.29, 1.82) is 0 Å². The van der Waals surface area contributed by atoms with E-state index in [2.05, 4.69) is 178 Å². The van der Waals surface area contributed by atoms with Gasteiger partial charge >= 0.3 is 11.9 Å². The van der Waals surface area contributed by atoms with Gasteiger partial charge in [-0.15, -0.1) is 5.92 Å². The van der Waals surface area contributed by atoms with Crippen LogP contribution in [0.4, 0.5) is 5.69 Å². The van der Waals surface area contributed by atoms with Gasteiger partial charge in [-0.05, 0) is 178 Å². The van der Waals surface area contributed by atoms with Crippen LogP contribution in [0.25, 0.3) is 11.1 Å². The Hall–Kier alpha value is -7.50. The van der Waals surface area contributed by atoms with E-state index in [0.29, 0.717) is 65.6 Å². The van der Waals surface area contributed by atoms with Gasteiger partial charge in [0.05, 0.1) is 49.7 Å². The summed E-state index contributed by atoms with van der Waals surface area (Å²) in [4.78, 5) is 41.9. The number of hydrogen-bond donors (Lipinski definition) is 3. The zero-order valence-corrected chi connectivity index (χ0v) is 53.9. The molecule has 1 unspecified atom stereocenters. The molecule has 12 nitrogen and oxygen atoms in total. The Morgan fingerprint density at radius 2 is 1.47 bits per heavy atom. The molecule has 0 radical (unpaired) electrons. The zero-order valence-electron chi connectivity index (χ0n) is 53.1. The molecular formula is C75H89ClN4O8. The minimum Gasteiger partial charge on any atom is -0.492 e. The highest BCUT2D eigenvalue weighted by atomic mass is 35.5. The monoisotopic (exact) mass is 1210 g/mol. The number of benzene rings is 5. The van der Waals surface area contributed by atoms with Crippen molar-refractivity contribution in [3.05, 3.63) is 212 Å². The first-order chi connectivity index (χ1) is 42.4. The Morgan fingerprint density at radius 3 is 2.08 bits per heavy atom. The number of dihydropyridines is 1. The predicted octanol–water partition coefficient (Wildman–Crippen LogP) is 13.7. The molecule has 88 heavy (non-hydrogen) atoms. The second kappa shape index (κ2) is 30.6. The normalized spacial score (nSPS) is 22.2. The molecule has 1 heterocycles. The average Bonchev–Trinajstić information content (AvgIpc) is 2.04. The van der Waals surface area contributed by atoms with Gasteiger partial charge in [0, 0.05) is 61.3 Å². The summed E-state index contributed by atoms with van der Waals surface area (Å²) in [6.07, 6.45) is 9.20. The fourth-order valence-electron chi connectivity index (χ4n) is 13.8. The summed E-state index contributed by atoms with van der Waals surface area (Å²) in [5, 5.41) is 15.3. The van der Waals surface area contributed by atoms with Crippen molar-refractivity contribution >= 4 is 46.2 Å². The lowest BCUT2D eigenvalue weighted by Gasteiger charge is -2.53. The molecule has 1 aliphatic heterocycles. The number of ketones is 1. The van der Waals surface area contributed by atoms with Gasteiger partial charge < -0.3 is 44.9 Å². The Labute approximate surface area is 527 Å². The van der Waals surface area contributed by atoms with Gasteiger partial charge in [0.1, 0.15) is 18.0 Å².